The van der Waals surface area contributed by atoms with Crippen LogP contribution < -0.4 is 0 Å². The van der Waals surface area contributed by atoms with E-state index in [1.54, 1.807) is 0 Å². The quantitative estimate of drug-likeness (QED) is 0.708. The van der Waals surface area contributed by atoms with Gasteiger partial charge in [-0.15, -0.1) is 0 Å². The minimum absolute atomic E-state index is 0.564. The van der Waals surface area contributed by atoms with Crippen molar-refractivity contribution in [1.29, 1.82) is 0 Å². The highest BCUT2D eigenvalue weighted by Gasteiger charge is 2.16. The molecule has 0 aromatic heterocycles. The van der Waals surface area contributed by atoms with E-state index in [0.717, 1.165) is 22.3 Å². The molecule has 0 saturated carbocycles. The largest absolute Gasteiger partial charge is 0.259 e. The van der Waals surface area contributed by atoms with Gasteiger partial charge in [0.1, 0.15) is 0 Å². The minimum atomic E-state index is -0.935. The summed E-state index contributed by atoms with van der Waals surface area (Å²) in [6.45, 7) is 8.28. The van der Waals surface area contributed by atoms with Gasteiger partial charge in [-0.25, -0.2) is 0 Å². The molecule has 2 nitrogen and oxygen atoms in total. The number of rotatable bonds is 0. The Labute approximate surface area is 149 Å². The van der Waals surface area contributed by atoms with E-state index in [-0.39, 0.29) is 0 Å². The molecule has 2 aromatic carbocycles. The molecule has 0 atom stereocenters. The van der Waals surface area contributed by atoms with E-state index >= 15 is 0 Å². The number of hydrogen-bond donors (Lipinski definition) is 0. The molecule has 0 N–H and O–H groups in total. The Hall–Kier alpha value is -1.26. The molecular weight excluding hydrogens is 336 g/mol. The summed E-state index contributed by atoms with van der Waals surface area (Å²) >= 11 is 0. The second kappa shape index (κ2) is 6.93. The van der Waals surface area contributed by atoms with Crippen molar-refractivity contribution in [2.24, 2.45) is 0 Å². The molecule has 2 aromatic rings. The van der Waals surface area contributed by atoms with Gasteiger partial charge in [0.2, 0.25) is 0 Å². The molecule has 4 bridgehead atoms. The number of benzene rings is 2. The fourth-order valence-corrected chi connectivity index (χ4v) is 6.15. The molecule has 0 amide bonds. The van der Waals surface area contributed by atoms with Crippen LogP contribution >= 0.6 is 0 Å². The van der Waals surface area contributed by atoms with Gasteiger partial charge in [-0.2, -0.15) is 0 Å². The van der Waals surface area contributed by atoms with Crippen molar-refractivity contribution >= 4 is 21.6 Å². The molecule has 128 valence electrons. The standard InChI is InChI=1S/C20H24O2S2/c1-13-5-14(2)18-7-17(13)9-23(21)11-19-8-20(12-24(22)10-18)16(4)6-15(19)3/h5-8H,9-12H2,1-4H3. The zero-order valence-electron chi connectivity index (χ0n) is 14.8. The Morgan fingerprint density at radius 2 is 0.792 bits per heavy atom. The number of hydrogen-bond acceptors (Lipinski definition) is 2. The highest BCUT2D eigenvalue weighted by Crippen LogP contribution is 2.25. The maximum absolute atomic E-state index is 12.7. The van der Waals surface area contributed by atoms with Gasteiger partial charge in [0.15, 0.2) is 0 Å². The summed E-state index contributed by atoms with van der Waals surface area (Å²) in [4.78, 5) is 0. The molecule has 3 rings (SSSR count). The Balaban J connectivity index is 2.09. The minimum Gasteiger partial charge on any atom is -0.259 e. The van der Waals surface area contributed by atoms with E-state index < -0.39 is 21.6 Å². The fraction of sp³-hybridized carbons (Fsp3) is 0.400. The van der Waals surface area contributed by atoms with Gasteiger partial charge in [-0.05, 0) is 72.2 Å². The number of fused-ring (bicyclic) bond motifs is 4. The average Bonchev–Trinajstić information content (AvgIpc) is 2.48. The second-order valence-electron chi connectivity index (χ2n) is 6.87. The first-order chi connectivity index (χ1) is 11.3. The van der Waals surface area contributed by atoms with E-state index in [9.17, 15) is 8.42 Å². The molecule has 0 aliphatic carbocycles. The van der Waals surface area contributed by atoms with E-state index in [4.69, 9.17) is 0 Å². The van der Waals surface area contributed by atoms with Crippen molar-refractivity contribution in [3.05, 3.63) is 68.8 Å². The first kappa shape index (κ1) is 17.6. The van der Waals surface area contributed by atoms with Gasteiger partial charge in [-0.1, -0.05) is 24.3 Å². The third-order valence-corrected chi connectivity index (χ3v) is 7.39. The molecule has 0 fully saturated rings. The summed E-state index contributed by atoms with van der Waals surface area (Å²) in [5.41, 5.74) is 9.19. The third kappa shape index (κ3) is 3.70. The Bertz CT molecular complexity index is 723. The van der Waals surface area contributed by atoms with Crippen LogP contribution in [0.3, 0.4) is 0 Å². The summed E-state index contributed by atoms with van der Waals surface area (Å²) in [7, 11) is -1.87. The molecular formula is C20H24O2S2. The van der Waals surface area contributed by atoms with Gasteiger partial charge in [-0.3, -0.25) is 8.42 Å². The monoisotopic (exact) mass is 360 g/mol. The summed E-state index contributed by atoms with van der Waals surface area (Å²) in [6, 6.07) is 8.52. The van der Waals surface area contributed by atoms with Crippen molar-refractivity contribution in [3.8, 4) is 0 Å². The summed E-state index contributed by atoms with van der Waals surface area (Å²) < 4.78 is 25.4. The molecule has 0 radical (unpaired) electrons. The van der Waals surface area contributed by atoms with Gasteiger partial charge in [0.05, 0.1) is 0 Å². The van der Waals surface area contributed by atoms with E-state index in [2.05, 4.69) is 52.0 Å². The lowest BCUT2D eigenvalue weighted by Crippen LogP contribution is -2.09. The highest BCUT2D eigenvalue weighted by molar-refractivity contribution is 7.83. The van der Waals surface area contributed by atoms with Gasteiger partial charge >= 0.3 is 0 Å². The topological polar surface area (TPSA) is 34.1 Å². The molecule has 1 aliphatic heterocycles. The molecule has 24 heavy (non-hydrogen) atoms. The van der Waals surface area contributed by atoms with Crippen molar-refractivity contribution in [2.75, 3.05) is 0 Å². The van der Waals surface area contributed by atoms with Crippen LogP contribution in [0.2, 0.25) is 0 Å². The zero-order chi connectivity index (χ0) is 17.4. The highest BCUT2D eigenvalue weighted by atomic mass is 32.2. The summed E-state index contributed by atoms with van der Waals surface area (Å²) in [5.74, 6) is 2.26. The molecule has 0 saturated heterocycles. The molecule has 4 heteroatoms. The lowest BCUT2D eigenvalue weighted by Gasteiger charge is -2.16. The van der Waals surface area contributed by atoms with Crippen LogP contribution in [0, 0.1) is 27.7 Å². The predicted octanol–water partition coefficient (Wildman–Crippen LogP) is 4.13. The molecule has 1 heterocycles. The molecule has 0 unspecified atom stereocenters. The van der Waals surface area contributed by atoms with Gasteiger partial charge in [0.25, 0.3) is 0 Å². The van der Waals surface area contributed by atoms with Crippen LogP contribution in [0.5, 0.6) is 0 Å². The summed E-state index contributed by atoms with van der Waals surface area (Å²) in [5, 5.41) is 0. The van der Waals surface area contributed by atoms with Crippen molar-refractivity contribution < 1.29 is 8.42 Å². The lowest BCUT2D eigenvalue weighted by atomic mass is 10.0. The van der Waals surface area contributed by atoms with Gasteiger partial charge in [0, 0.05) is 44.6 Å². The molecule has 0 spiro atoms. The smallest absolute Gasteiger partial charge is 0.0491 e. The number of aryl methyl sites for hydroxylation is 4. The van der Waals surface area contributed by atoms with Crippen LogP contribution in [0.25, 0.3) is 0 Å². The predicted molar refractivity (Wildman–Crippen MR) is 103 cm³/mol. The van der Waals surface area contributed by atoms with Crippen molar-refractivity contribution in [2.45, 2.75) is 50.7 Å². The van der Waals surface area contributed by atoms with E-state index in [0.29, 0.717) is 23.0 Å². The van der Waals surface area contributed by atoms with Crippen LogP contribution in [0.15, 0.2) is 24.3 Å². The van der Waals surface area contributed by atoms with E-state index in [1.165, 1.54) is 22.3 Å². The summed E-state index contributed by atoms with van der Waals surface area (Å²) in [6.07, 6.45) is 0. The van der Waals surface area contributed by atoms with Gasteiger partial charge < -0.3 is 0 Å². The maximum atomic E-state index is 12.7. The van der Waals surface area contributed by atoms with Crippen LogP contribution in [-0.2, 0) is 44.6 Å². The first-order valence-electron chi connectivity index (χ1n) is 8.21. The first-order valence-corrected chi connectivity index (χ1v) is 11.2. The van der Waals surface area contributed by atoms with Crippen molar-refractivity contribution in [1.82, 2.24) is 0 Å². The fourth-order valence-electron chi connectivity index (χ4n) is 3.31. The van der Waals surface area contributed by atoms with Crippen molar-refractivity contribution in [3.63, 3.8) is 0 Å². The normalized spacial score (nSPS) is 21.0. The zero-order valence-corrected chi connectivity index (χ0v) is 16.4. The Morgan fingerprint density at radius 1 is 0.542 bits per heavy atom. The van der Waals surface area contributed by atoms with Crippen LogP contribution in [0.1, 0.15) is 44.5 Å². The lowest BCUT2D eigenvalue weighted by molar-refractivity contribution is 0.681. The van der Waals surface area contributed by atoms with Crippen LogP contribution in [0.4, 0.5) is 0 Å². The average molecular weight is 361 g/mol. The van der Waals surface area contributed by atoms with E-state index in [1.807, 2.05) is 0 Å². The Kier molecular flexibility index (Phi) is 5.07. The molecule has 1 aliphatic rings. The Morgan fingerprint density at radius 3 is 1.04 bits per heavy atom. The van der Waals surface area contributed by atoms with Crippen LogP contribution in [-0.4, -0.2) is 8.42 Å². The SMILES string of the molecule is Cc1cc(C)c2cc1CS(=O)Cc1cc(c(C)cc1C)CS(=O)C2. The third-order valence-electron chi connectivity index (χ3n) is 4.85. The second-order valence-corrected chi connectivity index (χ2v) is 9.78. The maximum Gasteiger partial charge on any atom is 0.0491 e.